The number of amides is 1. The van der Waals surface area contributed by atoms with Crippen molar-refractivity contribution >= 4 is 21.4 Å². The molecule has 1 saturated heterocycles. The van der Waals surface area contributed by atoms with Gasteiger partial charge in [-0.05, 0) is 24.6 Å². The second kappa shape index (κ2) is 4.83. The molecule has 1 aromatic rings. The zero-order chi connectivity index (χ0) is 13.2. The third kappa shape index (κ3) is 2.90. The minimum Gasteiger partial charge on any atom is -0.326 e. The van der Waals surface area contributed by atoms with Gasteiger partial charge in [0.05, 0.1) is 17.4 Å². The molecule has 1 aliphatic rings. The van der Waals surface area contributed by atoms with Gasteiger partial charge in [0, 0.05) is 11.3 Å². The highest BCUT2D eigenvalue weighted by Gasteiger charge is 2.32. The molecular weight excluding hydrogens is 250 g/mol. The molecule has 0 aliphatic carbocycles. The molecule has 1 aromatic carbocycles. The molecule has 1 heterocycles. The normalized spacial score (nSPS) is 21.2. The average Bonchev–Trinajstić information content (AvgIpc) is 2.70. The molecule has 0 radical (unpaired) electrons. The van der Waals surface area contributed by atoms with Gasteiger partial charge in [-0.1, -0.05) is 12.0 Å². The highest BCUT2D eigenvalue weighted by atomic mass is 32.2. The number of sulfone groups is 1. The summed E-state index contributed by atoms with van der Waals surface area (Å²) in [4.78, 5) is 11.9. The van der Waals surface area contributed by atoms with Crippen LogP contribution in [0.15, 0.2) is 24.3 Å². The van der Waals surface area contributed by atoms with Crippen LogP contribution in [-0.4, -0.2) is 25.8 Å². The van der Waals surface area contributed by atoms with Gasteiger partial charge >= 0.3 is 0 Å². The van der Waals surface area contributed by atoms with Crippen LogP contribution in [0, 0.1) is 18.3 Å². The van der Waals surface area contributed by atoms with E-state index in [1.165, 1.54) is 0 Å². The quantitative estimate of drug-likeness (QED) is 0.811. The first-order chi connectivity index (χ1) is 8.50. The van der Waals surface area contributed by atoms with Gasteiger partial charge in [0.15, 0.2) is 9.84 Å². The molecule has 1 atom stereocenters. The molecule has 0 bridgehead atoms. The van der Waals surface area contributed by atoms with E-state index in [2.05, 4.69) is 11.2 Å². The number of benzene rings is 1. The van der Waals surface area contributed by atoms with E-state index in [1.807, 2.05) is 0 Å². The molecule has 0 spiro atoms. The molecule has 1 amide bonds. The van der Waals surface area contributed by atoms with Gasteiger partial charge in [-0.25, -0.2) is 8.42 Å². The van der Waals surface area contributed by atoms with Crippen LogP contribution < -0.4 is 5.32 Å². The van der Waals surface area contributed by atoms with E-state index < -0.39 is 15.8 Å². The molecule has 4 nitrogen and oxygen atoms in total. The van der Waals surface area contributed by atoms with Crippen molar-refractivity contribution in [2.75, 3.05) is 16.8 Å². The lowest BCUT2D eigenvalue weighted by Gasteiger charge is -2.09. The summed E-state index contributed by atoms with van der Waals surface area (Å²) in [5.74, 6) is 1.79. The largest absolute Gasteiger partial charge is 0.326 e. The molecule has 1 fully saturated rings. The first-order valence-corrected chi connectivity index (χ1v) is 7.40. The van der Waals surface area contributed by atoms with Crippen LogP contribution in [0.25, 0.3) is 0 Å². The summed E-state index contributed by atoms with van der Waals surface area (Å²) in [6.45, 7) is 0. The predicted molar refractivity (Wildman–Crippen MR) is 69.8 cm³/mol. The standard InChI is InChI=1S/C13H13NO3S/c1-2-10-4-3-5-12(8-10)14-13(15)11-6-7-18(16,17)9-11/h1,3-5,8,11H,6-7,9H2,(H,14,15). The topological polar surface area (TPSA) is 63.2 Å². The summed E-state index contributed by atoms with van der Waals surface area (Å²) >= 11 is 0. The molecule has 1 unspecified atom stereocenters. The highest BCUT2D eigenvalue weighted by molar-refractivity contribution is 7.91. The van der Waals surface area contributed by atoms with Crippen molar-refractivity contribution in [3.05, 3.63) is 29.8 Å². The Hall–Kier alpha value is -1.80. The molecule has 5 heteroatoms. The molecule has 0 aromatic heterocycles. The molecule has 1 N–H and O–H groups in total. The minimum absolute atomic E-state index is 0.0618. The number of carbonyl (C=O) groups excluding carboxylic acids is 1. The summed E-state index contributed by atoms with van der Waals surface area (Å²) in [7, 11) is -3.04. The van der Waals surface area contributed by atoms with Crippen LogP contribution in [0.3, 0.4) is 0 Å². The molecular formula is C13H13NO3S. The molecule has 0 saturated carbocycles. The van der Waals surface area contributed by atoms with Crippen LogP contribution >= 0.6 is 0 Å². The molecule has 18 heavy (non-hydrogen) atoms. The van der Waals surface area contributed by atoms with Gasteiger partial charge in [0.2, 0.25) is 5.91 Å². The maximum atomic E-state index is 11.9. The number of rotatable bonds is 2. The summed E-state index contributed by atoms with van der Waals surface area (Å²) in [5.41, 5.74) is 1.27. The number of carbonyl (C=O) groups is 1. The summed E-state index contributed by atoms with van der Waals surface area (Å²) in [6.07, 6.45) is 5.66. The Morgan fingerprint density at radius 2 is 2.22 bits per heavy atom. The van der Waals surface area contributed by atoms with Crippen molar-refractivity contribution in [2.45, 2.75) is 6.42 Å². The van der Waals surface area contributed by atoms with Gasteiger partial charge in [0.1, 0.15) is 0 Å². The Morgan fingerprint density at radius 3 is 2.83 bits per heavy atom. The van der Waals surface area contributed by atoms with Crippen molar-refractivity contribution in [1.29, 1.82) is 0 Å². The third-order valence-corrected chi connectivity index (χ3v) is 4.67. The van der Waals surface area contributed by atoms with Crippen LogP contribution in [0.1, 0.15) is 12.0 Å². The Kier molecular flexibility index (Phi) is 3.39. The van der Waals surface area contributed by atoms with E-state index in [9.17, 15) is 13.2 Å². The number of hydrogen-bond acceptors (Lipinski definition) is 3. The van der Waals surface area contributed by atoms with E-state index in [-0.39, 0.29) is 17.4 Å². The van der Waals surface area contributed by atoms with Gasteiger partial charge < -0.3 is 5.32 Å². The van der Waals surface area contributed by atoms with Crippen molar-refractivity contribution in [3.8, 4) is 12.3 Å². The van der Waals surface area contributed by atoms with E-state index in [4.69, 9.17) is 6.42 Å². The van der Waals surface area contributed by atoms with Crippen molar-refractivity contribution in [1.82, 2.24) is 0 Å². The fourth-order valence-electron chi connectivity index (χ4n) is 1.93. The fraction of sp³-hybridized carbons (Fsp3) is 0.308. The third-order valence-electron chi connectivity index (χ3n) is 2.90. The lowest BCUT2D eigenvalue weighted by molar-refractivity contribution is -0.119. The number of hydrogen-bond donors (Lipinski definition) is 1. The maximum absolute atomic E-state index is 11.9. The predicted octanol–water partition coefficient (Wildman–Crippen LogP) is 1.04. The summed E-state index contributed by atoms with van der Waals surface area (Å²) < 4.78 is 22.6. The monoisotopic (exact) mass is 263 g/mol. The van der Waals surface area contributed by atoms with E-state index >= 15 is 0 Å². The Labute approximate surface area is 106 Å². The maximum Gasteiger partial charge on any atom is 0.228 e. The number of nitrogens with one attached hydrogen (secondary N) is 1. The Bertz CT molecular complexity index is 613. The zero-order valence-corrected chi connectivity index (χ0v) is 10.5. The fourth-order valence-corrected chi connectivity index (χ4v) is 3.67. The van der Waals surface area contributed by atoms with E-state index in [0.29, 0.717) is 17.7 Å². The number of anilines is 1. The SMILES string of the molecule is C#Cc1cccc(NC(=O)C2CCS(=O)(=O)C2)c1. The van der Waals surface area contributed by atoms with Gasteiger partial charge in [-0.3, -0.25) is 4.79 Å². The van der Waals surface area contributed by atoms with Crippen LogP contribution in [0.5, 0.6) is 0 Å². The second-order valence-corrected chi connectivity index (χ2v) is 6.54. The van der Waals surface area contributed by atoms with Crippen molar-refractivity contribution < 1.29 is 13.2 Å². The first-order valence-electron chi connectivity index (χ1n) is 5.58. The molecule has 2 rings (SSSR count). The average molecular weight is 263 g/mol. The Morgan fingerprint density at radius 1 is 1.44 bits per heavy atom. The lowest BCUT2D eigenvalue weighted by atomic mass is 10.1. The summed E-state index contributed by atoms with van der Waals surface area (Å²) in [6, 6.07) is 6.91. The Balaban J connectivity index is 2.06. The number of terminal acetylenes is 1. The smallest absolute Gasteiger partial charge is 0.228 e. The highest BCUT2D eigenvalue weighted by Crippen LogP contribution is 2.20. The van der Waals surface area contributed by atoms with Crippen molar-refractivity contribution in [2.24, 2.45) is 5.92 Å². The van der Waals surface area contributed by atoms with Crippen LogP contribution in [-0.2, 0) is 14.6 Å². The van der Waals surface area contributed by atoms with Crippen LogP contribution in [0.2, 0.25) is 0 Å². The second-order valence-electron chi connectivity index (χ2n) is 4.31. The van der Waals surface area contributed by atoms with Crippen molar-refractivity contribution in [3.63, 3.8) is 0 Å². The van der Waals surface area contributed by atoms with Gasteiger partial charge in [0.25, 0.3) is 0 Å². The molecule has 1 aliphatic heterocycles. The first kappa shape index (κ1) is 12.7. The van der Waals surface area contributed by atoms with E-state index in [1.54, 1.807) is 24.3 Å². The zero-order valence-electron chi connectivity index (χ0n) is 9.72. The van der Waals surface area contributed by atoms with Gasteiger partial charge in [-0.2, -0.15) is 0 Å². The summed E-state index contributed by atoms with van der Waals surface area (Å²) in [5, 5.41) is 2.70. The van der Waals surface area contributed by atoms with Gasteiger partial charge in [-0.15, -0.1) is 6.42 Å². The van der Waals surface area contributed by atoms with Crippen LogP contribution in [0.4, 0.5) is 5.69 Å². The van der Waals surface area contributed by atoms with E-state index in [0.717, 1.165) is 0 Å². The molecule has 94 valence electrons. The minimum atomic E-state index is -3.04. The lowest BCUT2D eigenvalue weighted by Crippen LogP contribution is -2.23.